The highest BCUT2D eigenvalue weighted by Crippen LogP contribution is 2.39. The molecule has 0 fully saturated rings. The number of rotatable bonds is 0. The van der Waals surface area contributed by atoms with Crippen LogP contribution in [0.5, 0.6) is 0 Å². The molecule has 0 spiro atoms. The molecular weight excluding hydrogens is 544 g/mol. The molecular formula is C32H14F4N6. The molecule has 5 aromatic carbocycles. The molecule has 1 aliphatic rings. The topological polar surface area (TPSA) is 83.1 Å². The van der Waals surface area contributed by atoms with E-state index < -0.39 is 34.0 Å². The molecule has 0 atom stereocenters. The van der Waals surface area contributed by atoms with Gasteiger partial charge in [0.15, 0.2) is 34.9 Å². The third kappa shape index (κ3) is 3.03. The third-order valence-corrected chi connectivity index (χ3v) is 7.85. The molecule has 9 rings (SSSR count). The minimum atomic E-state index is -1.94. The highest BCUT2D eigenvalue weighted by molar-refractivity contribution is 6.12. The van der Waals surface area contributed by atoms with Crippen molar-refractivity contribution < 1.29 is 17.6 Å². The lowest BCUT2D eigenvalue weighted by molar-refractivity contribution is 0.418. The Morgan fingerprint density at radius 2 is 0.833 bits per heavy atom. The quantitative estimate of drug-likeness (QED) is 0.112. The molecule has 8 aromatic rings. The molecule has 4 heterocycles. The van der Waals surface area contributed by atoms with Gasteiger partial charge in [0.1, 0.15) is 22.6 Å². The maximum atomic E-state index is 15.3. The zero-order chi connectivity index (χ0) is 28.3. The van der Waals surface area contributed by atoms with Crippen LogP contribution >= 0.6 is 0 Å². The fraction of sp³-hybridized carbons (Fsp3) is 0. The Hall–Kier alpha value is -5.64. The van der Waals surface area contributed by atoms with Gasteiger partial charge in [-0.1, -0.05) is 48.5 Å². The highest BCUT2D eigenvalue weighted by atomic mass is 19.2. The standard InChI is InChI=1S/C32H14F4N6/c33-23-21-22(24(34)26(36)25(23)35)32-41-30-20-12-16-8-4-2-6-14(16)10-18(20)28(39-30)37-27-17-9-13-5-1-3-7-15(13)11-19(17)29(38-27)40-31(21)42-32/h1-12H,(H2,37,38,39,40,41,42). The summed E-state index contributed by atoms with van der Waals surface area (Å²) in [5, 5.41) is 3.94. The van der Waals surface area contributed by atoms with E-state index in [4.69, 9.17) is 9.97 Å². The molecule has 200 valence electrons. The van der Waals surface area contributed by atoms with E-state index in [-0.39, 0.29) is 22.8 Å². The van der Waals surface area contributed by atoms with Crippen molar-refractivity contribution in [3.8, 4) is 22.8 Å². The zero-order valence-corrected chi connectivity index (χ0v) is 21.2. The largest absolute Gasteiger partial charge is 0.324 e. The van der Waals surface area contributed by atoms with Gasteiger partial charge in [0.25, 0.3) is 0 Å². The number of aromatic nitrogens is 6. The fourth-order valence-electron chi connectivity index (χ4n) is 5.86. The number of halogens is 4. The molecule has 0 amide bonds. The van der Waals surface area contributed by atoms with Crippen LogP contribution in [0.25, 0.3) is 88.5 Å². The molecule has 6 bridgehead atoms. The van der Waals surface area contributed by atoms with E-state index in [9.17, 15) is 8.78 Å². The van der Waals surface area contributed by atoms with Crippen molar-refractivity contribution in [1.29, 1.82) is 0 Å². The summed E-state index contributed by atoms with van der Waals surface area (Å²) in [6.45, 7) is 0. The lowest BCUT2D eigenvalue weighted by Crippen LogP contribution is -1.97. The number of aromatic amines is 2. The molecule has 0 saturated carbocycles. The minimum Gasteiger partial charge on any atom is -0.324 e. The fourth-order valence-corrected chi connectivity index (χ4v) is 5.86. The van der Waals surface area contributed by atoms with Gasteiger partial charge in [-0.05, 0) is 45.8 Å². The summed E-state index contributed by atoms with van der Waals surface area (Å²) in [7, 11) is 0. The van der Waals surface area contributed by atoms with E-state index in [1.807, 2.05) is 72.8 Å². The number of hydrogen-bond acceptors (Lipinski definition) is 4. The number of nitrogens with one attached hydrogen (secondary N) is 2. The summed E-state index contributed by atoms with van der Waals surface area (Å²) in [6.07, 6.45) is 0. The smallest absolute Gasteiger partial charge is 0.198 e. The van der Waals surface area contributed by atoms with Crippen molar-refractivity contribution in [1.82, 2.24) is 29.9 Å². The van der Waals surface area contributed by atoms with Gasteiger partial charge in [0.05, 0.1) is 10.8 Å². The van der Waals surface area contributed by atoms with E-state index in [0.717, 1.165) is 21.5 Å². The van der Waals surface area contributed by atoms with E-state index in [0.29, 0.717) is 33.4 Å². The molecule has 1 aliphatic heterocycles. The number of benzene rings is 5. The first-order valence-corrected chi connectivity index (χ1v) is 13.0. The molecule has 0 saturated heterocycles. The van der Waals surface area contributed by atoms with Crippen molar-refractivity contribution in [3.63, 3.8) is 0 Å². The summed E-state index contributed by atoms with van der Waals surface area (Å²) < 4.78 is 59.6. The average molecular weight is 558 g/mol. The van der Waals surface area contributed by atoms with Crippen LogP contribution < -0.4 is 0 Å². The SMILES string of the molecule is Fc1c(F)c(F)c2c3nc4[nH]c(nc5nc(nc([nH]3)c2c1F)-c1cc2ccccc2cc1-5)c1cc2ccccc2cc41. The van der Waals surface area contributed by atoms with Crippen LogP contribution in [0.4, 0.5) is 17.6 Å². The van der Waals surface area contributed by atoms with Gasteiger partial charge in [-0.2, -0.15) is 0 Å². The number of nitrogens with zero attached hydrogens (tertiary/aromatic N) is 4. The second-order valence-electron chi connectivity index (χ2n) is 10.2. The van der Waals surface area contributed by atoms with Gasteiger partial charge in [0.2, 0.25) is 0 Å². The van der Waals surface area contributed by atoms with Crippen LogP contribution in [-0.2, 0) is 0 Å². The third-order valence-electron chi connectivity index (χ3n) is 7.85. The molecule has 10 heteroatoms. The van der Waals surface area contributed by atoms with Gasteiger partial charge in [-0.15, -0.1) is 0 Å². The molecule has 0 radical (unpaired) electrons. The molecule has 3 aromatic heterocycles. The van der Waals surface area contributed by atoms with Crippen LogP contribution in [0.15, 0.2) is 72.8 Å². The van der Waals surface area contributed by atoms with E-state index in [1.54, 1.807) is 0 Å². The van der Waals surface area contributed by atoms with Gasteiger partial charge in [-0.25, -0.2) is 37.5 Å². The normalized spacial score (nSPS) is 12.3. The zero-order valence-electron chi connectivity index (χ0n) is 21.2. The Balaban J connectivity index is 1.56. The van der Waals surface area contributed by atoms with E-state index in [1.165, 1.54) is 0 Å². The lowest BCUT2D eigenvalue weighted by atomic mass is 10.0. The van der Waals surface area contributed by atoms with Crippen molar-refractivity contribution in [2.24, 2.45) is 0 Å². The first-order chi connectivity index (χ1) is 20.4. The van der Waals surface area contributed by atoms with Crippen LogP contribution in [0, 0.1) is 23.3 Å². The Bertz CT molecular complexity index is 2590. The van der Waals surface area contributed by atoms with Gasteiger partial charge < -0.3 is 9.97 Å². The predicted molar refractivity (Wildman–Crippen MR) is 153 cm³/mol. The van der Waals surface area contributed by atoms with Crippen LogP contribution in [0.3, 0.4) is 0 Å². The van der Waals surface area contributed by atoms with E-state index in [2.05, 4.69) is 19.9 Å². The Morgan fingerprint density at radius 1 is 0.429 bits per heavy atom. The predicted octanol–water partition coefficient (Wildman–Crippen LogP) is 8.17. The first kappa shape index (κ1) is 23.1. The maximum absolute atomic E-state index is 15.3. The summed E-state index contributed by atoms with van der Waals surface area (Å²) in [5.74, 6) is -6.53. The van der Waals surface area contributed by atoms with Crippen molar-refractivity contribution >= 4 is 65.7 Å². The molecule has 42 heavy (non-hydrogen) atoms. The van der Waals surface area contributed by atoms with Crippen molar-refractivity contribution in [3.05, 3.63) is 96.1 Å². The van der Waals surface area contributed by atoms with Gasteiger partial charge in [-0.3, -0.25) is 0 Å². The first-order valence-electron chi connectivity index (χ1n) is 13.0. The molecule has 0 aliphatic carbocycles. The lowest BCUT2D eigenvalue weighted by Gasteiger charge is -2.03. The van der Waals surface area contributed by atoms with E-state index >= 15 is 8.78 Å². The Morgan fingerprint density at radius 3 is 1.36 bits per heavy atom. The van der Waals surface area contributed by atoms with Crippen LogP contribution in [0.1, 0.15) is 0 Å². The summed E-state index contributed by atoms with van der Waals surface area (Å²) >= 11 is 0. The highest BCUT2D eigenvalue weighted by Gasteiger charge is 2.27. The molecule has 0 unspecified atom stereocenters. The summed E-state index contributed by atoms with van der Waals surface area (Å²) in [6, 6.07) is 23.1. The number of H-pyrrole nitrogens is 2. The summed E-state index contributed by atoms with van der Waals surface area (Å²) in [4.78, 5) is 24.7. The van der Waals surface area contributed by atoms with Crippen molar-refractivity contribution in [2.45, 2.75) is 0 Å². The minimum absolute atomic E-state index is 0.149. The van der Waals surface area contributed by atoms with Crippen LogP contribution in [-0.4, -0.2) is 29.9 Å². The average Bonchev–Trinajstić information content (AvgIpc) is 3.64. The molecule has 6 nitrogen and oxygen atoms in total. The number of hydrogen-bond donors (Lipinski definition) is 2. The number of fused-ring (bicyclic) bond motifs is 17. The second kappa shape index (κ2) is 7.97. The van der Waals surface area contributed by atoms with Gasteiger partial charge in [0, 0.05) is 21.9 Å². The second-order valence-corrected chi connectivity index (χ2v) is 10.2. The Kier molecular flexibility index (Phi) is 4.39. The maximum Gasteiger partial charge on any atom is 0.198 e. The van der Waals surface area contributed by atoms with Crippen LogP contribution in [0.2, 0.25) is 0 Å². The monoisotopic (exact) mass is 558 g/mol. The summed E-state index contributed by atoms with van der Waals surface area (Å²) in [5.41, 5.74) is 1.49. The van der Waals surface area contributed by atoms with Crippen molar-refractivity contribution in [2.75, 3.05) is 0 Å². The Labute approximate surface area is 232 Å². The van der Waals surface area contributed by atoms with Gasteiger partial charge >= 0.3 is 0 Å². The molecule has 2 N–H and O–H groups in total.